The van der Waals surface area contributed by atoms with Gasteiger partial charge in [0.15, 0.2) is 0 Å². The van der Waals surface area contributed by atoms with Gasteiger partial charge in [-0.2, -0.15) is 4.98 Å². The van der Waals surface area contributed by atoms with Crippen LogP contribution >= 0.6 is 11.6 Å². The Morgan fingerprint density at radius 3 is 2.38 bits per heavy atom. The molecule has 0 bridgehead atoms. The largest absolute Gasteiger partial charge is 0.383 e. The van der Waals surface area contributed by atoms with Gasteiger partial charge < -0.3 is 10.6 Å². The summed E-state index contributed by atoms with van der Waals surface area (Å²) in [6.45, 7) is 1.46. The lowest BCUT2D eigenvalue weighted by atomic mass is 10.2. The molecule has 6 nitrogen and oxygen atoms in total. The Morgan fingerprint density at radius 1 is 1.00 bits per heavy atom. The minimum Gasteiger partial charge on any atom is -0.383 e. The number of rotatable bonds is 7. The molecule has 0 aliphatic rings. The highest BCUT2D eigenvalue weighted by atomic mass is 35.5. The van der Waals surface area contributed by atoms with Crippen molar-refractivity contribution in [2.24, 2.45) is 0 Å². The lowest BCUT2D eigenvalue weighted by Gasteiger charge is -2.09. The number of anilines is 2. The van der Waals surface area contributed by atoms with E-state index in [1.165, 1.54) is 23.0 Å². The molecular formula is C18H17ClFN5O. The predicted octanol–water partition coefficient (Wildman–Crippen LogP) is 3.00. The molecule has 8 heteroatoms. The molecule has 1 aromatic heterocycles. The van der Waals surface area contributed by atoms with Gasteiger partial charge in [0.25, 0.3) is 0 Å². The summed E-state index contributed by atoms with van der Waals surface area (Å²) in [6, 6.07) is 13.3. The first-order valence-corrected chi connectivity index (χ1v) is 8.39. The zero-order chi connectivity index (χ0) is 18.4. The molecule has 3 aromatic rings. The minimum atomic E-state index is -0.385. The van der Waals surface area contributed by atoms with Crippen molar-refractivity contribution in [2.45, 2.75) is 6.54 Å². The molecule has 3 rings (SSSR count). The van der Waals surface area contributed by atoms with E-state index in [0.29, 0.717) is 24.7 Å². The van der Waals surface area contributed by atoms with Gasteiger partial charge in [-0.1, -0.05) is 23.7 Å². The van der Waals surface area contributed by atoms with Crippen LogP contribution in [0.15, 0.2) is 59.7 Å². The van der Waals surface area contributed by atoms with E-state index in [0.717, 1.165) is 11.3 Å². The van der Waals surface area contributed by atoms with E-state index in [2.05, 4.69) is 20.6 Å². The van der Waals surface area contributed by atoms with Crippen molar-refractivity contribution < 1.29 is 4.39 Å². The van der Waals surface area contributed by atoms with Crippen LogP contribution in [0.2, 0.25) is 5.02 Å². The molecule has 0 saturated carbocycles. The fourth-order valence-electron chi connectivity index (χ4n) is 2.29. The second-order valence-corrected chi connectivity index (χ2v) is 6.01. The zero-order valence-electron chi connectivity index (χ0n) is 13.8. The van der Waals surface area contributed by atoms with Gasteiger partial charge in [0, 0.05) is 23.8 Å². The van der Waals surface area contributed by atoms with Crippen LogP contribution in [-0.2, 0) is 6.54 Å². The van der Waals surface area contributed by atoms with Crippen molar-refractivity contribution in [1.82, 2.24) is 14.5 Å². The van der Waals surface area contributed by atoms with Gasteiger partial charge in [-0.25, -0.2) is 14.2 Å². The van der Waals surface area contributed by atoms with Crippen LogP contribution in [0, 0.1) is 5.82 Å². The Balaban J connectivity index is 1.51. The third kappa shape index (κ3) is 5.03. The van der Waals surface area contributed by atoms with E-state index in [1.807, 2.05) is 12.1 Å². The summed E-state index contributed by atoms with van der Waals surface area (Å²) in [5.41, 5.74) is 1.36. The van der Waals surface area contributed by atoms with Gasteiger partial charge in [-0.05, 0) is 42.0 Å². The molecule has 0 unspecified atom stereocenters. The SMILES string of the molecule is O=c1nc(NCCNc2ccc(F)cc2)ncn1Cc1ccc(Cl)cc1. The van der Waals surface area contributed by atoms with Crippen LogP contribution in [0.3, 0.4) is 0 Å². The Morgan fingerprint density at radius 2 is 1.69 bits per heavy atom. The fourth-order valence-corrected chi connectivity index (χ4v) is 2.41. The summed E-state index contributed by atoms with van der Waals surface area (Å²) in [5.74, 6) is -0.00972. The lowest BCUT2D eigenvalue weighted by Crippen LogP contribution is -2.26. The number of halogens is 2. The highest BCUT2D eigenvalue weighted by Crippen LogP contribution is 2.10. The first-order valence-electron chi connectivity index (χ1n) is 8.01. The summed E-state index contributed by atoms with van der Waals surface area (Å²) in [4.78, 5) is 20.2. The molecule has 0 amide bonds. The van der Waals surface area contributed by atoms with Crippen molar-refractivity contribution in [3.63, 3.8) is 0 Å². The lowest BCUT2D eigenvalue weighted by molar-refractivity contribution is 0.628. The Hall–Kier alpha value is -2.93. The molecule has 0 aliphatic carbocycles. The topological polar surface area (TPSA) is 71.8 Å². The second-order valence-electron chi connectivity index (χ2n) is 5.58. The van der Waals surface area contributed by atoms with Crippen LogP contribution in [0.4, 0.5) is 16.0 Å². The van der Waals surface area contributed by atoms with E-state index in [1.54, 1.807) is 24.3 Å². The van der Waals surface area contributed by atoms with E-state index in [-0.39, 0.29) is 17.5 Å². The minimum absolute atomic E-state index is 0.267. The summed E-state index contributed by atoms with van der Waals surface area (Å²) >= 11 is 5.85. The summed E-state index contributed by atoms with van der Waals surface area (Å²) in [5, 5.41) is 6.75. The maximum absolute atomic E-state index is 12.8. The number of hydrogen-bond acceptors (Lipinski definition) is 5. The average Bonchev–Trinajstić information content (AvgIpc) is 2.64. The number of benzene rings is 2. The maximum Gasteiger partial charge on any atom is 0.352 e. The molecule has 0 fully saturated rings. The summed E-state index contributed by atoms with van der Waals surface area (Å²) < 4.78 is 14.2. The van der Waals surface area contributed by atoms with E-state index in [9.17, 15) is 9.18 Å². The third-order valence-corrected chi connectivity index (χ3v) is 3.87. The van der Waals surface area contributed by atoms with Crippen LogP contribution in [0.25, 0.3) is 0 Å². The Labute approximate surface area is 154 Å². The number of hydrogen-bond donors (Lipinski definition) is 2. The molecule has 0 atom stereocenters. The van der Waals surface area contributed by atoms with Crippen molar-refractivity contribution in [3.8, 4) is 0 Å². The Bertz CT molecular complexity index is 912. The van der Waals surface area contributed by atoms with Crippen LogP contribution in [0.1, 0.15) is 5.56 Å². The quantitative estimate of drug-likeness (QED) is 0.623. The summed E-state index contributed by atoms with van der Waals surface area (Å²) in [6.07, 6.45) is 1.46. The van der Waals surface area contributed by atoms with E-state index < -0.39 is 0 Å². The third-order valence-electron chi connectivity index (χ3n) is 3.61. The van der Waals surface area contributed by atoms with Crippen molar-refractivity contribution >= 4 is 23.2 Å². The van der Waals surface area contributed by atoms with Crippen molar-refractivity contribution in [3.05, 3.63) is 81.7 Å². The molecule has 0 aliphatic heterocycles. The van der Waals surface area contributed by atoms with Crippen molar-refractivity contribution in [1.29, 1.82) is 0 Å². The zero-order valence-corrected chi connectivity index (χ0v) is 14.6. The monoisotopic (exact) mass is 373 g/mol. The maximum atomic E-state index is 12.8. The molecule has 1 heterocycles. The molecule has 26 heavy (non-hydrogen) atoms. The highest BCUT2D eigenvalue weighted by molar-refractivity contribution is 6.30. The molecule has 0 radical (unpaired) electrons. The van der Waals surface area contributed by atoms with Gasteiger partial charge >= 0.3 is 5.69 Å². The van der Waals surface area contributed by atoms with Gasteiger partial charge in [-0.3, -0.25) is 4.57 Å². The molecule has 0 saturated heterocycles. The highest BCUT2D eigenvalue weighted by Gasteiger charge is 2.03. The van der Waals surface area contributed by atoms with Gasteiger partial charge in [0.1, 0.15) is 12.1 Å². The van der Waals surface area contributed by atoms with Gasteiger partial charge in [0.05, 0.1) is 6.54 Å². The number of nitrogens with zero attached hydrogens (tertiary/aromatic N) is 3. The second kappa shape index (κ2) is 8.44. The number of nitrogens with one attached hydrogen (secondary N) is 2. The fraction of sp³-hybridized carbons (Fsp3) is 0.167. The molecule has 2 aromatic carbocycles. The van der Waals surface area contributed by atoms with Crippen LogP contribution < -0.4 is 16.3 Å². The van der Waals surface area contributed by atoms with E-state index in [4.69, 9.17) is 11.6 Å². The standard InChI is InChI=1S/C18H17ClFN5O/c19-14-3-1-13(2-4-14)11-25-12-23-17(24-18(25)26)22-10-9-21-16-7-5-15(20)6-8-16/h1-8,12,21H,9-11H2,(H,22,24,26). The normalized spacial score (nSPS) is 10.5. The average molecular weight is 374 g/mol. The van der Waals surface area contributed by atoms with E-state index >= 15 is 0 Å². The Kier molecular flexibility index (Phi) is 5.80. The molecule has 2 N–H and O–H groups in total. The van der Waals surface area contributed by atoms with Gasteiger partial charge in [0.2, 0.25) is 5.95 Å². The first-order chi connectivity index (χ1) is 12.6. The molecule has 0 spiro atoms. The van der Waals surface area contributed by atoms with Crippen LogP contribution in [-0.4, -0.2) is 27.6 Å². The smallest absolute Gasteiger partial charge is 0.352 e. The number of aromatic nitrogens is 3. The van der Waals surface area contributed by atoms with Gasteiger partial charge in [-0.15, -0.1) is 0 Å². The first kappa shape index (κ1) is 17.9. The predicted molar refractivity (Wildman–Crippen MR) is 100 cm³/mol. The summed E-state index contributed by atoms with van der Waals surface area (Å²) in [7, 11) is 0. The van der Waals surface area contributed by atoms with Crippen molar-refractivity contribution in [2.75, 3.05) is 23.7 Å². The molecular weight excluding hydrogens is 357 g/mol. The molecule has 134 valence electrons. The van der Waals surface area contributed by atoms with Crippen LogP contribution in [0.5, 0.6) is 0 Å².